The van der Waals surface area contributed by atoms with E-state index in [0.717, 1.165) is 37.2 Å². The Hall–Kier alpha value is -3.68. The molecule has 154 valence electrons. The van der Waals surface area contributed by atoms with Crippen LogP contribution < -0.4 is 10.6 Å². The number of aromatic nitrogens is 3. The van der Waals surface area contributed by atoms with Crippen LogP contribution in [0.4, 0.5) is 16.2 Å². The Balaban J connectivity index is 1.52. The van der Waals surface area contributed by atoms with Crippen LogP contribution in [0.15, 0.2) is 48.5 Å². The minimum Gasteiger partial charge on any atom is -0.325 e. The van der Waals surface area contributed by atoms with Crippen LogP contribution in [0.25, 0.3) is 5.69 Å². The Labute approximate surface area is 174 Å². The zero-order valence-corrected chi connectivity index (χ0v) is 17.1. The lowest BCUT2D eigenvalue weighted by Gasteiger charge is -2.18. The summed E-state index contributed by atoms with van der Waals surface area (Å²) >= 11 is 0. The highest BCUT2D eigenvalue weighted by Gasteiger charge is 2.21. The van der Waals surface area contributed by atoms with Gasteiger partial charge in [-0.2, -0.15) is 0 Å². The van der Waals surface area contributed by atoms with E-state index in [4.69, 9.17) is 0 Å². The second-order valence-corrected chi connectivity index (χ2v) is 7.39. The van der Waals surface area contributed by atoms with E-state index in [2.05, 4.69) is 20.9 Å². The van der Waals surface area contributed by atoms with Crippen LogP contribution in [0.2, 0.25) is 0 Å². The fraction of sp³-hybridized carbons (Fsp3) is 0.273. The van der Waals surface area contributed by atoms with E-state index < -0.39 is 0 Å². The Bertz CT molecular complexity index is 1070. The third kappa shape index (κ3) is 4.03. The van der Waals surface area contributed by atoms with Gasteiger partial charge in [-0.25, -0.2) is 9.48 Å². The molecule has 3 aromatic rings. The van der Waals surface area contributed by atoms with Gasteiger partial charge in [0.25, 0.3) is 5.91 Å². The summed E-state index contributed by atoms with van der Waals surface area (Å²) in [6, 6.07) is 14.8. The van der Waals surface area contributed by atoms with Crippen molar-refractivity contribution in [3.8, 4) is 5.69 Å². The molecular formula is C22H24N6O2. The van der Waals surface area contributed by atoms with Crippen LogP contribution in [0, 0.1) is 13.8 Å². The van der Waals surface area contributed by atoms with E-state index in [1.165, 1.54) is 0 Å². The molecule has 1 saturated heterocycles. The Morgan fingerprint density at radius 2 is 1.53 bits per heavy atom. The molecule has 2 N–H and O–H groups in total. The molecule has 4 rings (SSSR count). The molecule has 8 heteroatoms. The Morgan fingerprint density at radius 3 is 2.20 bits per heavy atom. The van der Waals surface area contributed by atoms with Gasteiger partial charge in [-0.15, -0.1) is 5.10 Å². The number of anilines is 2. The van der Waals surface area contributed by atoms with Gasteiger partial charge in [-0.3, -0.25) is 4.79 Å². The predicted molar refractivity (Wildman–Crippen MR) is 115 cm³/mol. The molecule has 0 aliphatic carbocycles. The first-order chi connectivity index (χ1) is 14.5. The first kappa shape index (κ1) is 19.6. The fourth-order valence-corrected chi connectivity index (χ4v) is 3.47. The van der Waals surface area contributed by atoms with Crippen molar-refractivity contribution in [2.24, 2.45) is 0 Å². The Kier molecular flexibility index (Phi) is 5.47. The quantitative estimate of drug-likeness (QED) is 0.692. The van der Waals surface area contributed by atoms with E-state index in [-0.39, 0.29) is 17.6 Å². The summed E-state index contributed by atoms with van der Waals surface area (Å²) < 4.78 is 1.63. The van der Waals surface area contributed by atoms with Gasteiger partial charge in [0.05, 0.1) is 22.8 Å². The number of para-hydroxylation sites is 2. The number of nitrogens with one attached hydrogen (secondary N) is 2. The van der Waals surface area contributed by atoms with Gasteiger partial charge >= 0.3 is 6.03 Å². The molecule has 3 amide bonds. The predicted octanol–water partition coefficient (Wildman–Crippen LogP) is 3.76. The van der Waals surface area contributed by atoms with E-state index in [0.29, 0.717) is 17.1 Å². The van der Waals surface area contributed by atoms with Crippen molar-refractivity contribution in [2.45, 2.75) is 26.7 Å². The number of hydrogen-bond donors (Lipinski definition) is 2. The van der Waals surface area contributed by atoms with Gasteiger partial charge < -0.3 is 15.5 Å². The summed E-state index contributed by atoms with van der Waals surface area (Å²) in [5.74, 6) is -0.381. The van der Waals surface area contributed by atoms with Crippen LogP contribution in [0.5, 0.6) is 0 Å². The third-order valence-corrected chi connectivity index (χ3v) is 5.20. The largest absolute Gasteiger partial charge is 0.325 e. The van der Waals surface area contributed by atoms with Crippen molar-refractivity contribution in [3.05, 3.63) is 65.5 Å². The molecule has 0 bridgehead atoms. The molecule has 0 spiro atoms. The number of carbonyl (C=O) groups is 2. The highest BCUT2D eigenvalue weighted by Crippen LogP contribution is 2.23. The topological polar surface area (TPSA) is 92.1 Å². The van der Waals surface area contributed by atoms with Gasteiger partial charge in [0.2, 0.25) is 0 Å². The maximum Gasteiger partial charge on any atom is 0.321 e. The molecule has 1 aliphatic heterocycles. The van der Waals surface area contributed by atoms with E-state index >= 15 is 0 Å². The standard InChI is InChI=1S/C22H24N6O2/c1-15-9-11-17(12-10-15)28-16(2)20(25-26-28)21(29)23-18-7-3-4-8-19(18)24-22(30)27-13-5-6-14-27/h3-4,7-12H,5-6,13-14H2,1-2H3,(H,23,29)(H,24,30). The highest BCUT2D eigenvalue weighted by molar-refractivity contribution is 6.06. The number of carbonyl (C=O) groups excluding carboxylic acids is 2. The molecular weight excluding hydrogens is 380 g/mol. The number of benzene rings is 2. The number of rotatable bonds is 4. The first-order valence-corrected chi connectivity index (χ1v) is 9.98. The van der Waals surface area contributed by atoms with Crippen molar-refractivity contribution in [3.63, 3.8) is 0 Å². The minimum absolute atomic E-state index is 0.157. The number of amides is 3. The minimum atomic E-state index is -0.381. The van der Waals surface area contributed by atoms with Gasteiger partial charge in [-0.1, -0.05) is 35.0 Å². The molecule has 2 aromatic carbocycles. The highest BCUT2D eigenvalue weighted by atomic mass is 16.2. The average Bonchev–Trinajstić information content (AvgIpc) is 3.40. The van der Waals surface area contributed by atoms with Gasteiger partial charge in [-0.05, 0) is 51.0 Å². The van der Waals surface area contributed by atoms with Gasteiger partial charge in [0.15, 0.2) is 5.69 Å². The number of urea groups is 1. The lowest BCUT2D eigenvalue weighted by Crippen LogP contribution is -2.32. The molecule has 0 atom stereocenters. The second-order valence-electron chi connectivity index (χ2n) is 7.39. The van der Waals surface area contributed by atoms with Crippen LogP contribution in [-0.2, 0) is 0 Å². The monoisotopic (exact) mass is 404 g/mol. The van der Waals surface area contributed by atoms with Crippen molar-refractivity contribution in [2.75, 3.05) is 23.7 Å². The van der Waals surface area contributed by atoms with E-state index in [9.17, 15) is 9.59 Å². The maximum atomic E-state index is 12.9. The molecule has 1 fully saturated rings. The van der Waals surface area contributed by atoms with E-state index in [1.54, 1.807) is 34.7 Å². The maximum absolute atomic E-state index is 12.9. The lowest BCUT2D eigenvalue weighted by atomic mass is 10.2. The van der Waals surface area contributed by atoms with E-state index in [1.807, 2.05) is 37.3 Å². The number of aryl methyl sites for hydroxylation is 1. The van der Waals surface area contributed by atoms with Crippen molar-refractivity contribution < 1.29 is 9.59 Å². The molecule has 30 heavy (non-hydrogen) atoms. The van der Waals surface area contributed by atoms with Crippen molar-refractivity contribution >= 4 is 23.3 Å². The first-order valence-electron chi connectivity index (χ1n) is 9.98. The normalized spacial score (nSPS) is 13.3. The van der Waals surface area contributed by atoms with Crippen LogP contribution in [0.1, 0.15) is 34.6 Å². The van der Waals surface area contributed by atoms with Gasteiger partial charge in [0, 0.05) is 13.1 Å². The van der Waals surface area contributed by atoms with Crippen LogP contribution in [-0.4, -0.2) is 44.9 Å². The molecule has 8 nitrogen and oxygen atoms in total. The second kappa shape index (κ2) is 8.36. The summed E-state index contributed by atoms with van der Waals surface area (Å²) in [4.78, 5) is 27.1. The third-order valence-electron chi connectivity index (χ3n) is 5.20. The molecule has 0 saturated carbocycles. The number of likely N-dealkylation sites (tertiary alicyclic amines) is 1. The van der Waals surface area contributed by atoms with Crippen LogP contribution >= 0.6 is 0 Å². The Morgan fingerprint density at radius 1 is 0.900 bits per heavy atom. The van der Waals surface area contributed by atoms with Crippen molar-refractivity contribution in [1.82, 2.24) is 19.9 Å². The van der Waals surface area contributed by atoms with Crippen molar-refractivity contribution in [1.29, 1.82) is 0 Å². The number of nitrogens with zero attached hydrogens (tertiary/aromatic N) is 4. The SMILES string of the molecule is Cc1ccc(-n2nnc(C(=O)Nc3ccccc3NC(=O)N3CCCC3)c2C)cc1. The van der Waals surface area contributed by atoms with Crippen LogP contribution in [0.3, 0.4) is 0 Å². The summed E-state index contributed by atoms with van der Waals surface area (Å²) in [7, 11) is 0. The summed E-state index contributed by atoms with van der Waals surface area (Å²) in [5, 5.41) is 13.9. The average molecular weight is 404 g/mol. The summed E-state index contributed by atoms with van der Waals surface area (Å²) in [6.07, 6.45) is 2.03. The molecule has 2 heterocycles. The zero-order chi connectivity index (χ0) is 21.1. The molecule has 1 aliphatic rings. The fourth-order valence-electron chi connectivity index (χ4n) is 3.47. The zero-order valence-electron chi connectivity index (χ0n) is 17.1. The smallest absolute Gasteiger partial charge is 0.321 e. The molecule has 0 radical (unpaired) electrons. The molecule has 0 unspecified atom stereocenters. The molecule has 1 aromatic heterocycles. The summed E-state index contributed by atoms with van der Waals surface area (Å²) in [5.41, 5.74) is 3.90. The van der Waals surface area contributed by atoms with Gasteiger partial charge in [0.1, 0.15) is 0 Å². The summed E-state index contributed by atoms with van der Waals surface area (Å²) in [6.45, 7) is 5.32. The lowest BCUT2D eigenvalue weighted by molar-refractivity contribution is 0.102. The number of hydrogen-bond acceptors (Lipinski definition) is 4.